The predicted molar refractivity (Wildman–Crippen MR) is 123 cm³/mol. The summed E-state index contributed by atoms with van der Waals surface area (Å²) in [7, 11) is -1.48. The van der Waals surface area contributed by atoms with E-state index in [0.29, 0.717) is 18.8 Å². The minimum absolute atomic E-state index is 0.139. The smallest absolute Gasteiger partial charge is 0.243 e. The highest BCUT2D eigenvalue weighted by Gasteiger charge is 2.28. The predicted octanol–water partition coefficient (Wildman–Crippen LogP) is 2.64. The number of carbonyl (C=O) groups excluding carboxylic acids is 1. The monoisotopic (exact) mass is 444 g/mol. The number of piperazine rings is 1. The zero-order chi connectivity index (χ0) is 22.4. The second kappa shape index (κ2) is 10.4. The SMILES string of the molecule is CCN(CC)S(=O)(=O)c1cccc(NC(=O)CN2CCN(C)CC2c2ccccc2)c1. The molecule has 1 aliphatic heterocycles. The van der Waals surface area contributed by atoms with Crippen LogP contribution in [0, 0.1) is 0 Å². The van der Waals surface area contributed by atoms with Gasteiger partial charge in [0.1, 0.15) is 0 Å². The average molecular weight is 445 g/mol. The van der Waals surface area contributed by atoms with Gasteiger partial charge >= 0.3 is 0 Å². The Balaban J connectivity index is 1.72. The molecule has 31 heavy (non-hydrogen) atoms. The number of amides is 1. The number of benzene rings is 2. The third-order valence-electron chi connectivity index (χ3n) is 5.69. The number of anilines is 1. The Hall–Kier alpha value is -2.26. The van der Waals surface area contributed by atoms with Crippen molar-refractivity contribution in [2.75, 3.05) is 51.6 Å². The zero-order valence-electron chi connectivity index (χ0n) is 18.5. The number of hydrogen-bond acceptors (Lipinski definition) is 5. The first-order chi connectivity index (χ1) is 14.8. The Morgan fingerprint density at radius 3 is 2.45 bits per heavy atom. The number of sulfonamides is 1. The van der Waals surface area contributed by atoms with Crippen molar-refractivity contribution in [3.63, 3.8) is 0 Å². The first-order valence-corrected chi connectivity index (χ1v) is 12.2. The van der Waals surface area contributed by atoms with E-state index in [0.717, 1.165) is 19.6 Å². The quantitative estimate of drug-likeness (QED) is 0.678. The lowest BCUT2D eigenvalue weighted by atomic mass is 10.0. The molecule has 0 bridgehead atoms. The summed E-state index contributed by atoms with van der Waals surface area (Å²) < 4.78 is 27.0. The molecule has 0 spiro atoms. The second-order valence-electron chi connectivity index (χ2n) is 7.82. The van der Waals surface area contributed by atoms with Gasteiger partial charge in [0, 0.05) is 44.5 Å². The van der Waals surface area contributed by atoms with Gasteiger partial charge in [-0.3, -0.25) is 9.69 Å². The fourth-order valence-electron chi connectivity index (χ4n) is 3.97. The molecule has 0 aromatic heterocycles. The molecule has 0 aliphatic carbocycles. The Morgan fingerprint density at radius 2 is 1.77 bits per heavy atom. The van der Waals surface area contributed by atoms with E-state index in [1.165, 1.54) is 15.9 Å². The minimum atomic E-state index is -3.57. The Morgan fingerprint density at radius 1 is 1.06 bits per heavy atom. The average Bonchev–Trinajstić information content (AvgIpc) is 2.76. The Kier molecular flexibility index (Phi) is 7.83. The lowest BCUT2D eigenvalue weighted by Crippen LogP contribution is -2.49. The fourth-order valence-corrected chi connectivity index (χ4v) is 5.47. The summed E-state index contributed by atoms with van der Waals surface area (Å²) in [5, 5.41) is 2.88. The number of hydrogen-bond donors (Lipinski definition) is 1. The van der Waals surface area contributed by atoms with Gasteiger partial charge in [0.2, 0.25) is 15.9 Å². The summed E-state index contributed by atoms with van der Waals surface area (Å²) in [6, 6.07) is 16.8. The molecule has 2 aromatic carbocycles. The highest BCUT2D eigenvalue weighted by atomic mass is 32.2. The number of nitrogens with zero attached hydrogens (tertiary/aromatic N) is 3. The summed E-state index contributed by atoms with van der Waals surface area (Å²) in [5.74, 6) is -0.150. The number of rotatable bonds is 8. The topological polar surface area (TPSA) is 73.0 Å². The van der Waals surface area contributed by atoms with E-state index in [4.69, 9.17) is 0 Å². The van der Waals surface area contributed by atoms with Crippen molar-refractivity contribution in [3.05, 3.63) is 60.2 Å². The Labute approximate surface area is 185 Å². The third kappa shape index (κ3) is 5.71. The molecule has 1 unspecified atom stereocenters. The summed E-state index contributed by atoms with van der Waals surface area (Å²) in [6.07, 6.45) is 0. The molecule has 2 aromatic rings. The highest BCUT2D eigenvalue weighted by Crippen LogP contribution is 2.25. The van der Waals surface area contributed by atoms with Crippen LogP contribution < -0.4 is 5.32 Å². The fraction of sp³-hybridized carbons (Fsp3) is 0.435. The lowest BCUT2D eigenvalue weighted by molar-refractivity contribution is -0.118. The van der Waals surface area contributed by atoms with E-state index in [9.17, 15) is 13.2 Å². The van der Waals surface area contributed by atoms with E-state index < -0.39 is 10.0 Å². The van der Waals surface area contributed by atoms with Crippen molar-refractivity contribution >= 4 is 21.6 Å². The third-order valence-corrected chi connectivity index (χ3v) is 7.73. The number of nitrogens with one attached hydrogen (secondary N) is 1. The van der Waals surface area contributed by atoms with Crippen LogP contribution in [0.15, 0.2) is 59.5 Å². The first-order valence-electron chi connectivity index (χ1n) is 10.7. The van der Waals surface area contributed by atoms with E-state index in [2.05, 4.69) is 34.3 Å². The molecule has 0 radical (unpaired) electrons. The number of carbonyl (C=O) groups is 1. The van der Waals surface area contributed by atoms with Crippen molar-refractivity contribution < 1.29 is 13.2 Å². The van der Waals surface area contributed by atoms with Gasteiger partial charge in [-0.1, -0.05) is 50.2 Å². The maximum Gasteiger partial charge on any atom is 0.243 e. The lowest BCUT2D eigenvalue weighted by Gasteiger charge is -2.39. The molecular weight excluding hydrogens is 412 g/mol. The van der Waals surface area contributed by atoms with Gasteiger partial charge in [-0.15, -0.1) is 0 Å². The van der Waals surface area contributed by atoms with Gasteiger partial charge in [0.05, 0.1) is 11.4 Å². The van der Waals surface area contributed by atoms with Crippen LogP contribution in [-0.2, 0) is 14.8 Å². The van der Waals surface area contributed by atoms with Crippen LogP contribution in [0.1, 0.15) is 25.5 Å². The van der Waals surface area contributed by atoms with Gasteiger partial charge in [-0.05, 0) is 30.8 Å². The van der Waals surface area contributed by atoms with Crippen LogP contribution in [0.5, 0.6) is 0 Å². The van der Waals surface area contributed by atoms with Gasteiger partial charge in [-0.25, -0.2) is 8.42 Å². The van der Waals surface area contributed by atoms with E-state index in [1.807, 2.05) is 32.0 Å². The molecule has 1 N–H and O–H groups in total. The molecule has 0 saturated carbocycles. The molecule has 1 amide bonds. The molecule has 8 heteroatoms. The molecule has 1 atom stereocenters. The molecule has 168 valence electrons. The summed E-state index contributed by atoms with van der Waals surface area (Å²) >= 11 is 0. The first kappa shape index (κ1) is 23.4. The van der Waals surface area contributed by atoms with Crippen LogP contribution in [0.2, 0.25) is 0 Å². The van der Waals surface area contributed by atoms with Crippen LogP contribution in [-0.4, -0.2) is 74.7 Å². The van der Waals surface area contributed by atoms with Crippen molar-refractivity contribution in [2.24, 2.45) is 0 Å². The second-order valence-corrected chi connectivity index (χ2v) is 9.76. The highest BCUT2D eigenvalue weighted by molar-refractivity contribution is 7.89. The largest absolute Gasteiger partial charge is 0.325 e. The summed E-state index contributed by atoms with van der Waals surface area (Å²) in [5.41, 5.74) is 1.68. The van der Waals surface area contributed by atoms with Crippen LogP contribution >= 0.6 is 0 Å². The van der Waals surface area contributed by atoms with Crippen molar-refractivity contribution in [1.82, 2.24) is 14.1 Å². The standard InChI is InChI=1S/C23H32N4O3S/c1-4-27(5-2)31(29,30)21-13-9-12-20(16-21)24-23(28)18-26-15-14-25(3)17-22(26)19-10-7-6-8-11-19/h6-13,16,22H,4-5,14-15,17-18H2,1-3H3,(H,24,28). The molecular formula is C23H32N4O3S. The summed E-state index contributed by atoms with van der Waals surface area (Å²) in [4.78, 5) is 17.5. The van der Waals surface area contributed by atoms with E-state index >= 15 is 0 Å². The van der Waals surface area contributed by atoms with Crippen LogP contribution in [0.4, 0.5) is 5.69 Å². The van der Waals surface area contributed by atoms with Crippen LogP contribution in [0.25, 0.3) is 0 Å². The van der Waals surface area contributed by atoms with Gasteiger partial charge < -0.3 is 10.2 Å². The molecule has 3 rings (SSSR count). The summed E-state index contributed by atoms with van der Waals surface area (Å²) in [6.45, 7) is 7.22. The molecule has 1 heterocycles. The van der Waals surface area contributed by atoms with Gasteiger partial charge in [-0.2, -0.15) is 4.31 Å². The van der Waals surface area contributed by atoms with Crippen molar-refractivity contribution in [1.29, 1.82) is 0 Å². The van der Waals surface area contributed by atoms with Crippen molar-refractivity contribution in [2.45, 2.75) is 24.8 Å². The molecule has 1 fully saturated rings. The van der Waals surface area contributed by atoms with E-state index in [1.54, 1.807) is 18.2 Å². The molecule has 1 saturated heterocycles. The maximum atomic E-state index is 12.8. The van der Waals surface area contributed by atoms with Gasteiger partial charge in [0.25, 0.3) is 0 Å². The zero-order valence-corrected chi connectivity index (χ0v) is 19.3. The van der Waals surface area contributed by atoms with E-state index in [-0.39, 0.29) is 23.4 Å². The normalized spacial score (nSPS) is 18.3. The van der Waals surface area contributed by atoms with Crippen LogP contribution in [0.3, 0.4) is 0 Å². The minimum Gasteiger partial charge on any atom is -0.325 e. The van der Waals surface area contributed by atoms with Crippen molar-refractivity contribution in [3.8, 4) is 0 Å². The van der Waals surface area contributed by atoms with Gasteiger partial charge in [0.15, 0.2) is 0 Å². The number of likely N-dealkylation sites (N-methyl/N-ethyl adjacent to an activating group) is 1. The molecule has 7 nitrogen and oxygen atoms in total. The Bertz CT molecular complexity index is 977. The molecule has 1 aliphatic rings. The maximum absolute atomic E-state index is 12.8.